The van der Waals surface area contributed by atoms with Crippen molar-refractivity contribution >= 4 is 0 Å². The molecule has 0 saturated carbocycles. The fourth-order valence-corrected chi connectivity index (χ4v) is 2.27. The summed E-state index contributed by atoms with van der Waals surface area (Å²) in [5.74, 6) is 0. The van der Waals surface area contributed by atoms with Crippen molar-refractivity contribution in [2.75, 3.05) is 0 Å². The van der Waals surface area contributed by atoms with E-state index < -0.39 is 0 Å². The third-order valence-electron chi connectivity index (χ3n) is 3.29. The molecule has 1 heterocycles. The third-order valence-corrected chi connectivity index (χ3v) is 3.29. The van der Waals surface area contributed by atoms with Crippen molar-refractivity contribution in [3.05, 3.63) is 76.6 Å². The minimum atomic E-state index is -0.189. The monoisotopic (exact) mass is 262 g/mol. The minimum absolute atomic E-state index is 0.189. The second kappa shape index (κ2) is 5.13. The number of aromatic amines is 1. The van der Waals surface area contributed by atoms with Gasteiger partial charge in [-0.25, -0.2) is 5.10 Å². The zero-order chi connectivity index (χ0) is 13.9. The zero-order valence-corrected chi connectivity index (χ0v) is 11.1. The topological polar surface area (TPSA) is 45.8 Å². The van der Waals surface area contributed by atoms with Gasteiger partial charge in [-0.3, -0.25) is 4.79 Å². The molecule has 1 N–H and O–H groups in total. The predicted molar refractivity (Wildman–Crippen MR) is 80.5 cm³/mol. The lowest BCUT2D eigenvalue weighted by Crippen LogP contribution is -2.05. The Morgan fingerprint density at radius 3 is 2.35 bits per heavy atom. The van der Waals surface area contributed by atoms with Crippen LogP contribution in [0.2, 0.25) is 0 Å². The van der Waals surface area contributed by atoms with Gasteiger partial charge in [0.1, 0.15) is 0 Å². The van der Waals surface area contributed by atoms with Crippen molar-refractivity contribution in [2.45, 2.75) is 6.92 Å². The molecule has 3 rings (SSSR count). The van der Waals surface area contributed by atoms with Crippen molar-refractivity contribution in [2.24, 2.45) is 0 Å². The number of hydrogen-bond acceptors (Lipinski definition) is 2. The molecule has 0 spiro atoms. The predicted octanol–water partition coefficient (Wildman–Crippen LogP) is 3.41. The fraction of sp³-hybridized carbons (Fsp3) is 0.0588. The molecule has 0 aliphatic rings. The Hall–Kier alpha value is -2.68. The van der Waals surface area contributed by atoms with Gasteiger partial charge >= 0.3 is 0 Å². The molecule has 2 aromatic carbocycles. The molecule has 3 aromatic rings. The second-order valence-corrected chi connectivity index (χ2v) is 4.70. The lowest BCUT2D eigenvalue weighted by molar-refractivity contribution is 0.995. The summed E-state index contributed by atoms with van der Waals surface area (Å²) < 4.78 is 0. The first-order chi connectivity index (χ1) is 9.74. The summed E-state index contributed by atoms with van der Waals surface area (Å²) in [7, 11) is 0. The van der Waals surface area contributed by atoms with Crippen molar-refractivity contribution in [3.8, 4) is 22.4 Å². The van der Waals surface area contributed by atoms with E-state index in [0.29, 0.717) is 0 Å². The Kier molecular flexibility index (Phi) is 3.17. The largest absolute Gasteiger partial charge is 0.268 e. The van der Waals surface area contributed by atoms with Gasteiger partial charge in [-0.15, -0.1) is 0 Å². The van der Waals surface area contributed by atoms with Crippen LogP contribution in [0.5, 0.6) is 0 Å². The molecule has 0 saturated heterocycles. The summed E-state index contributed by atoms with van der Waals surface area (Å²) in [6.45, 7) is 2.08. The van der Waals surface area contributed by atoms with E-state index in [1.807, 2.05) is 24.3 Å². The van der Waals surface area contributed by atoms with Gasteiger partial charge in [0.2, 0.25) is 0 Å². The van der Waals surface area contributed by atoms with Gasteiger partial charge in [-0.05, 0) is 35.7 Å². The fourth-order valence-electron chi connectivity index (χ4n) is 2.27. The molecule has 3 nitrogen and oxygen atoms in total. The maximum atomic E-state index is 11.0. The van der Waals surface area contributed by atoms with Crippen LogP contribution in [0, 0.1) is 6.92 Å². The number of nitrogens with one attached hydrogen (secondary N) is 1. The van der Waals surface area contributed by atoms with E-state index in [4.69, 9.17) is 0 Å². The summed E-state index contributed by atoms with van der Waals surface area (Å²) >= 11 is 0. The summed E-state index contributed by atoms with van der Waals surface area (Å²) in [4.78, 5) is 11.0. The van der Waals surface area contributed by atoms with E-state index in [-0.39, 0.29) is 5.56 Å². The van der Waals surface area contributed by atoms with Crippen LogP contribution >= 0.6 is 0 Å². The van der Waals surface area contributed by atoms with Crippen LogP contribution in [-0.2, 0) is 0 Å². The van der Waals surface area contributed by atoms with Gasteiger partial charge in [0.25, 0.3) is 5.56 Å². The molecule has 3 heteroatoms. The van der Waals surface area contributed by atoms with E-state index in [2.05, 4.69) is 41.4 Å². The quantitative estimate of drug-likeness (QED) is 0.769. The molecule has 0 fully saturated rings. The minimum Gasteiger partial charge on any atom is -0.268 e. The average molecular weight is 262 g/mol. The van der Waals surface area contributed by atoms with Crippen molar-refractivity contribution in [1.82, 2.24) is 10.2 Å². The van der Waals surface area contributed by atoms with Gasteiger partial charge in [-0.2, -0.15) is 5.10 Å². The Morgan fingerprint density at radius 2 is 1.70 bits per heavy atom. The highest BCUT2D eigenvalue weighted by molar-refractivity contribution is 5.72. The smallest absolute Gasteiger partial charge is 0.264 e. The normalized spacial score (nSPS) is 10.4. The first kappa shape index (κ1) is 12.4. The first-order valence-electron chi connectivity index (χ1n) is 6.46. The Bertz CT molecular complexity index is 771. The third kappa shape index (κ3) is 2.38. The molecular weight excluding hydrogens is 248 g/mol. The number of aryl methyl sites for hydroxylation is 1. The maximum Gasteiger partial charge on any atom is 0.264 e. The van der Waals surface area contributed by atoms with Crippen LogP contribution < -0.4 is 5.56 Å². The summed E-state index contributed by atoms with van der Waals surface area (Å²) in [5, 5.41) is 6.51. The number of hydrogen-bond donors (Lipinski definition) is 1. The van der Waals surface area contributed by atoms with Gasteiger partial charge in [0.15, 0.2) is 0 Å². The van der Waals surface area contributed by atoms with Gasteiger partial charge in [0.05, 0.1) is 5.69 Å². The summed E-state index contributed by atoms with van der Waals surface area (Å²) in [6.07, 6.45) is 0. The van der Waals surface area contributed by atoms with Crippen LogP contribution in [0.3, 0.4) is 0 Å². The number of rotatable bonds is 2. The zero-order valence-electron chi connectivity index (χ0n) is 11.1. The molecule has 1 aromatic heterocycles. The lowest BCUT2D eigenvalue weighted by atomic mass is 9.97. The molecule has 0 radical (unpaired) electrons. The average Bonchev–Trinajstić information content (AvgIpc) is 2.49. The number of nitrogens with zero attached hydrogens (tertiary/aromatic N) is 1. The van der Waals surface area contributed by atoms with E-state index in [1.54, 1.807) is 6.07 Å². The Balaban J connectivity index is 2.04. The maximum absolute atomic E-state index is 11.0. The molecule has 98 valence electrons. The van der Waals surface area contributed by atoms with Gasteiger partial charge < -0.3 is 0 Å². The molecule has 0 bridgehead atoms. The van der Waals surface area contributed by atoms with E-state index >= 15 is 0 Å². The molecule has 0 amide bonds. The van der Waals surface area contributed by atoms with Crippen LogP contribution in [0.15, 0.2) is 65.5 Å². The second-order valence-electron chi connectivity index (χ2n) is 4.70. The first-order valence-corrected chi connectivity index (χ1v) is 6.46. The van der Waals surface area contributed by atoms with Crippen molar-refractivity contribution in [3.63, 3.8) is 0 Å². The summed E-state index contributed by atoms with van der Waals surface area (Å²) in [5.41, 5.74) is 5.17. The SMILES string of the molecule is Cc1cc(-c2ccc(=O)[nH]n2)ccc1-c1ccccc1. The standard InChI is InChI=1S/C17H14N2O/c1-12-11-14(16-9-10-17(20)19-18-16)7-8-15(12)13-5-3-2-4-6-13/h2-11H,1H3,(H,19,20). The number of H-pyrrole nitrogens is 1. The molecule has 0 aliphatic carbocycles. The van der Waals surface area contributed by atoms with Gasteiger partial charge in [-0.1, -0.05) is 42.5 Å². The lowest BCUT2D eigenvalue weighted by Gasteiger charge is -2.08. The molecule has 0 unspecified atom stereocenters. The van der Waals surface area contributed by atoms with Crippen LogP contribution in [0.4, 0.5) is 0 Å². The van der Waals surface area contributed by atoms with Crippen LogP contribution in [-0.4, -0.2) is 10.2 Å². The number of aromatic nitrogens is 2. The van der Waals surface area contributed by atoms with Crippen LogP contribution in [0.25, 0.3) is 22.4 Å². The molecule has 20 heavy (non-hydrogen) atoms. The van der Waals surface area contributed by atoms with Gasteiger partial charge in [0, 0.05) is 11.6 Å². The highest BCUT2D eigenvalue weighted by atomic mass is 16.1. The highest BCUT2D eigenvalue weighted by Gasteiger charge is 2.05. The molecular formula is C17H14N2O. The van der Waals surface area contributed by atoms with Crippen LogP contribution in [0.1, 0.15) is 5.56 Å². The highest BCUT2D eigenvalue weighted by Crippen LogP contribution is 2.27. The Labute approximate surface area is 116 Å². The van der Waals surface area contributed by atoms with E-state index in [1.165, 1.54) is 22.8 Å². The van der Waals surface area contributed by atoms with E-state index in [0.717, 1.165) is 11.3 Å². The van der Waals surface area contributed by atoms with Crippen molar-refractivity contribution in [1.29, 1.82) is 0 Å². The Morgan fingerprint density at radius 1 is 0.900 bits per heavy atom. The summed E-state index contributed by atoms with van der Waals surface area (Å²) in [6, 6.07) is 19.7. The van der Waals surface area contributed by atoms with Crippen molar-refractivity contribution < 1.29 is 0 Å². The van der Waals surface area contributed by atoms with E-state index in [9.17, 15) is 4.79 Å². The molecule has 0 aliphatic heterocycles. The number of benzene rings is 2. The molecule has 0 atom stereocenters.